The highest BCUT2D eigenvalue weighted by Crippen LogP contribution is 2.20. The molecule has 2 aromatic heterocycles. The highest BCUT2D eigenvalue weighted by molar-refractivity contribution is 5.95. The van der Waals surface area contributed by atoms with E-state index in [1.54, 1.807) is 12.3 Å². The molecule has 4 rings (SSSR count). The molecule has 148 valence electrons. The van der Waals surface area contributed by atoms with Crippen LogP contribution in [0.2, 0.25) is 0 Å². The number of carbonyl (C=O) groups excluding carboxylic acids is 1. The molecular formula is C24H25N3O2. The van der Waals surface area contributed by atoms with E-state index in [9.17, 15) is 4.79 Å². The zero-order valence-electron chi connectivity index (χ0n) is 16.7. The van der Waals surface area contributed by atoms with E-state index >= 15 is 0 Å². The summed E-state index contributed by atoms with van der Waals surface area (Å²) in [5, 5.41) is 0. The summed E-state index contributed by atoms with van der Waals surface area (Å²) in [7, 11) is 0. The molecule has 0 N–H and O–H groups in total. The van der Waals surface area contributed by atoms with Crippen molar-refractivity contribution >= 4 is 5.78 Å². The van der Waals surface area contributed by atoms with Crippen LogP contribution in [0.4, 0.5) is 0 Å². The topological polar surface area (TPSA) is 55.3 Å². The van der Waals surface area contributed by atoms with Crippen molar-refractivity contribution in [3.05, 3.63) is 83.3 Å². The first-order valence-electron chi connectivity index (χ1n) is 9.98. The van der Waals surface area contributed by atoms with Gasteiger partial charge in [-0.2, -0.15) is 0 Å². The van der Waals surface area contributed by atoms with E-state index in [2.05, 4.69) is 39.1 Å². The van der Waals surface area contributed by atoms with Gasteiger partial charge in [-0.1, -0.05) is 30.3 Å². The maximum Gasteiger partial charge on any atom is 0.185 e. The highest BCUT2D eigenvalue weighted by atomic mass is 16.5. The average Bonchev–Trinajstić information content (AvgIpc) is 2.75. The van der Waals surface area contributed by atoms with Crippen molar-refractivity contribution in [1.82, 2.24) is 14.9 Å². The first kappa shape index (κ1) is 19.4. The van der Waals surface area contributed by atoms with Gasteiger partial charge in [0.15, 0.2) is 5.78 Å². The number of hydrogen-bond acceptors (Lipinski definition) is 5. The Bertz CT molecular complexity index is 979. The molecule has 29 heavy (non-hydrogen) atoms. The summed E-state index contributed by atoms with van der Waals surface area (Å²) in [5.74, 6) is 0.0201. The lowest BCUT2D eigenvalue weighted by Gasteiger charge is -2.26. The molecule has 0 atom stereocenters. The second kappa shape index (κ2) is 9.07. The second-order valence-corrected chi connectivity index (χ2v) is 7.40. The van der Waals surface area contributed by atoms with Crippen LogP contribution in [0, 0.1) is 6.92 Å². The summed E-state index contributed by atoms with van der Waals surface area (Å²) < 4.78 is 5.41. The minimum atomic E-state index is 0.0201. The molecule has 0 saturated carbocycles. The average molecular weight is 387 g/mol. The van der Waals surface area contributed by atoms with E-state index in [1.807, 2.05) is 31.2 Å². The zero-order valence-corrected chi connectivity index (χ0v) is 16.7. The fourth-order valence-electron chi connectivity index (χ4n) is 3.51. The van der Waals surface area contributed by atoms with Crippen LogP contribution in [0.5, 0.6) is 0 Å². The van der Waals surface area contributed by atoms with Crippen molar-refractivity contribution in [3.63, 3.8) is 0 Å². The van der Waals surface area contributed by atoms with E-state index in [0.717, 1.165) is 55.4 Å². The number of ether oxygens (including phenoxy) is 1. The Morgan fingerprint density at radius 3 is 2.59 bits per heavy atom. The second-order valence-electron chi connectivity index (χ2n) is 7.40. The summed E-state index contributed by atoms with van der Waals surface area (Å²) >= 11 is 0. The van der Waals surface area contributed by atoms with E-state index in [1.165, 1.54) is 5.56 Å². The lowest BCUT2D eigenvalue weighted by Crippen LogP contribution is -2.35. The number of pyridine rings is 2. The summed E-state index contributed by atoms with van der Waals surface area (Å²) in [5.41, 5.74) is 5.52. The molecule has 3 heterocycles. The standard InChI is InChI=1S/C24H25N3O2/c1-18-3-2-4-22(26-18)24(28)16-20-9-10-25-23(15-20)21-7-5-19(6-8-21)17-27-11-13-29-14-12-27/h2-10,15H,11-14,16-17H2,1H3. The quantitative estimate of drug-likeness (QED) is 0.604. The van der Waals surface area contributed by atoms with E-state index < -0.39 is 0 Å². The number of ketones is 1. The van der Waals surface area contributed by atoms with Crippen LogP contribution in [-0.2, 0) is 17.7 Å². The number of nitrogens with zero attached hydrogens (tertiary/aromatic N) is 3. The van der Waals surface area contributed by atoms with Gasteiger partial charge < -0.3 is 4.74 Å². The first-order chi connectivity index (χ1) is 14.2. The van der Waals surface area contributed by atoms with Crippen LogP contribution in [0.1, 0.15) is 27.3 Å². The SMILES string of the molecule is Cc1cccc(C(=O)Cc2ccnc(-c3ccc(CN4CCOCC4)cc3)c2)n1. The molecule has 0 bridgehead atoms. The normalized spacial score (nSPS) is 14.7. The number of rotatable bonds is 6. The fraction of sp³-hybridized carbons (Fsp3) is 0.292. The van der Waals surface area contributed by atoms with Gasteiger partial charge in [-0.15, -0.1) is 0 Å². The Morgan fingerprint density at radius 2 is 1.83 bits per heavy atom. The van der Waals surface area contributed by atoms with E-state index in [0.29, 0.717) is 12.1 Å². The van der Waals surface area contributed by atoms with Crippen molar-refractivity contribution in [2.24, 2.45) is 0 Å². The van der Waals surface area contributed by atoms with E-state index in [-0.39, 0.29) is 5.78 Å². The van der Waals surface area contributed by atoms with Gasteiger partial charge in [-0.25, -0.2) is 0 Å². The number of aromatic nitrogens is 2. The van der Waals surface area contributed by atoms with Gasteiger partial charge in [-0.05, 0) is 42.3 Å². The van der Waals surface area contributed by atoms with Crippen LogP contribution < -0.4 is 0 Å². The van der Waals surface area contributed by atoms with Gasteiger partial charge in [-0.3, -0.25) is 19.7 Å². The predicted molar refractivity (Wildman–Crippen MR) is 113 cm³/mol. The third kappa shape index (κ3) is 5.13. The largest absolute Gasteiger partial charge is 0.379 e. The van der Waals surface area contributed by atoms with Crippen LogP contribution in [0.15, 0.2) is 60.8 Å². The van der Waals surface area contributed by atoms with Gasteiger partial charge in [0.05, 0.1) is 18.9 Å². The van der Waals surface area contributed by atoms with Crippen molar-refractivity contribution in [2.45, 2.75) is 19.9 Å². The summed E-state index contributed by atoms with van der Waals surface area (Å²) in [4.78, 5) is 23.8. The molecule has 5 heteroatoms. The minimum absolute atomic E-state index is 0.0201. The maximum atomic E-state index is 12.6. The van der Waals surface area contributed by atoms with E-state index in [4.69, 9.17) is 4.74 Å². The monoisotopic (exact) mass is 387 g/mol. The van der Waals surface area contributed by atoms with Gasteiger partial charge in [0.25, 0.3) is 0 Å². The van der Waals surface area contributed by atoms with Crippen LogP contribution in [-0.4, -0.2) is 47.0 Å². The molecule has 0 amide bonds. The number of aryl methyl sites for hydroxylation is 1. The third-order valence-corrected chi connectivity index (χ3v) is 5.12. The van der Waals surface area contributed by atoms with Crippen LogP contribution >= 0.6 is 0 Å². The van der Waals surface area contributed by atoms with Crippen LogP contribution in [0.3, 0.4) is 0 Å². The molecule has 3 aromatic rings. The van der Waals surface area contributed by atoms with Crippen molar-refractivity contribution in [1.29, 1.82) is 0 Å². The molecular weight excluding hydrogens is 362 g/mol. The molecule has 0 unspecified atom stereocenters. The summed E-state index contributed by atoms with van der Waals surface area (Å²) in [6, 6.07) is 17.9. The Hall–Kier alpha value is -2.89. The molecule has 0 radical (unpaired) electrons. The molecule has 5 nitrogen and oxygen atoms in total. The first-order valence-corrected chi connectivity index (χ1v) is 9.98. The Balaban J connectivity index is 1.44. The predicted octanol–water partition coefficient (Wildman–Crippen LogP) is 3.71. The maximum absolute atomic E-state index is 12.6. The third-order valence-electron chi connectivity index (χ3n) is 5.12. The van der Waals surface area contributed by atoms with Gasteiger partial charge in [0.1, 0.15) is 5.69 Å². The fourth-order valence-corrected chi connectivity index (χ4v) is 3.51. The lowest BCUT2D eigenvalue weighted by atomic mass is 10.0. The minimum Gasteiger partial charge on any atom is -0.379 e. The smallest absolute Gasteiger partial charge is 0.185 e. The Kier molecular flexibility index (Phi) is 6.08. The lowest BCUT2D eigenvalue weighted by molar-refractivity contribution is 0.0342. The molecule has 1 aliphatic heterocycles. The van der Waals surface area contributed by atoms with Gasteiger partial charge >= 0.3 is 0 Å². The summed E-state index contributed by atoms with van der Waals surface area (Å²) in [6.07, 6.45) is 2.09. The zero-order chi connectivity index (χ0) is 20.1. The van der Waals surface area contributed by atoms with Gasteiger partial charge in [0, 0.05) is 43.5 Å². The molecule has 0 aliphatic carbocycles. The number of Topliss-reactive ketones (excluding diaryl/α,β-unsaturated/α-hetero) is 1. The Morgan fingerprint density at radius 1 is 1.03 bits per heavy atom. The molecule has 1 aliphatic rings. The van der Waals surface area contributed by atoms with Crippen molar-refractivity contribution < 1.29 is 9.53 Å². The van der Waals surface area contributed by atoms with Crippen molar-refractivity contribution in [2.75, 3.05) is 26.3 Å². The Labute approximate surface area is 171 Å². The molecule has 0 spiro atoms. The number of carbonyl (C=O) groups is 1. The number of hydrogen-bond donors (Lipinski definition) is 0. The van der Waals surface area contributed by atoms with Crippen LogP contribution in [0.25, 0.3) is 11.3 Å². The summed E-state index contributed by atoms with van der Waals surface area (Å²) in [6.45, 7) is 6.42. The molecule has 1 saturated heterocycles. The number of benzene rings is 1. The molecule has 1 aromatic carbocycles. The highest BCUT2D eigenvalue weighted by Gasteiger charge is 2.12. The van der Waals surface area contributed by atoms with Gasteiger partial charge in [0.2, 0.25) is 0 Å². The number of morpholine rings is 1. The van der Waals surface area contributed by atoms with Crippen molar-refractivity contribution in [3.8, 4) is 11.3 Å². The molecule has 1 fully saturated rings.